The predicted octanol–water partition coefficient (Wildman–Crippen LogP) is -2.14. The maximum Gasteiger partial charge on any atom is 0.234 e. The molecule has 0 aromatic heterocycles. The Morgan fingerprint density at radius 1 is 0.941 bits per heavy atom. The summed E-state index contributed by atoms with van der Waals surface area (Å²) in [7, 11) is 0. The largest absolute Gasteiger partial charge is 0.357 e. The summed E-state index contributed by atoms with van der Waals surface area (Å²) in [6.07, 6.45) is 0. The van der Waals surface area contributed by atoms with Crippen LogP contribution >= 0.6 is 0 Å². The normalized spacial score (nSPS) is 24.2. The fourth-order valence-electron chi connectivity index (χ4n) is 1.34. The summed E-state index contributed by atoms with van der Waals surface area (Å²) in [5.74, 6) is -0.0684. The Kier molecular flexibility index (Phi) is 7.05. The van der Waals surface area contributed by atoms with E-state index in [4.69, 9.17) is 0 Å². The molecule has 6 nitrogen and oxygen atoms in total. The molecule has 94 valence electrons. The van der Waals surface area contributed by atoms with Crippen LogP contribution in [0.25, 0.3) is 0 Å². The molecule has 0 spiro atoms. The second kappa shape index (κ2) is 8.06. The van der Waals surface area contributed by atoms with Crippen molar-refractivity contribution < 1.29 is 9.59 Å². The smallest absolute Gasteiger partial charge is 0.234 e. The second-order valence-electron chi connectivity index (χ2n) is 3.83. The van der Waals surface area contributed by atoms with Crippen LogP contribution in [-0.4, -0.2) is 51.1 Å². The maximum atomic E-state index is 11.3. The Balaban J connectivity index is 0.00000256. The van der Waals surface area contributed by atoms with Crippen LogP contribution in [0.3, 0.4) is 0 Å². The van der Waals surface area contributed by atoms with Gasteiger partial charge in [-0.2, -0.15) is 0 Å². The topological polar surface area (TPSA) is 82.3 Å². The molecular formula is C10H19N4O2Rf-. The molecule has 1 fully saturated rings. The number of carbonyl (C=O) groups is 2. The van der Waals surface area contributed by atoms with Crippen LogP contribution in [0.15, 0.2) is 0 Å². The first kappa shape index (κ1) is 14.9. The number of rotatable bonds is 0. The van der Waals surface area contributed by atoms with Crippen LogP contribution < -0.4 is 21.3 Å². The fourth-order valence-corrected chi connectivity index (χ4v) is 1.34. The molecule has 1 atom stereocenters. The molecule has 7 heteroatoms. The van der Waals surface area contributed by atoms with Gasteiger partial charge in [0.2, 0.25) is 11.8 Å². The van der Waals surface area contributed by atoms with Gasteiger partial charge in [0.15, 0.2) is 0 Å². The number of nitrogens with one attached hydrogen (secondary N) is 4. The van der Waals surface area contributed by atoms with E-state index in [-0.39, 0.29) is 30.8 Å². The molecular weight excluding hydrogens is 475 g/mol. The van der Waals surface area contributed by atoms with Gasteiger partial charge in [-0.25, -0.2) is 0 Å². The summed E-state index contributed by atoms with van der Waals surface area (Å²) >= 11 is 0. The van der Waals surface area contributed by atoms with Gasteiger partial charge in [0.25, 0.3) is 0 Å². The molecule has 1 unspecified atom stereocenters. The van der Waals surface area contributed by atoms with E-state index in [0.717, 1.165) is 6.54 Å². The van der Waals surface area contributed by atoms with Crippen molar-refractivity contribution in [2.24, 2.45) is 5.92 Å². The van der Waals surface area contributed by atoms with E-state index in [0.29, 0.717) is 19.6 Å². The third kappa shape index (κ3) is 6.86. The van der Waals surface area contributed by atoms with Crippen molar-refractivity contribution in [1.29, 1.82) is 0 Å². The molecule has 0 bridgehead atoms. The summed E-state index contributed by atoms with van der Waals surface area (Å²) in [6, 6.07) is 0. The van der Waals surface area contributed by atoms with Crippen LogP contribution in [0.1, 0.15) is 0 Å². The molecule has 1 saturated heterocycles. The molecule has 2 amide bonds. The molecule has 0 aromatic rings. The molecule has 1 aliphatic heterocycles. The average Bonchev–Trinajstić information content (AvgIpc) is 2.26. The molecule has 0 radical (unpaired) electrons. The van der Waals surface area contributed by atoms with Gasteiger partial charge >= 0.3 is 0 Å². The van der Waals surface area contributed by atoms with Gasteiger partial charge in [-0.05, 0) is 13.1 Å². The Morgan fingerprint density at radius 2 is 1.59 bits per heavy atom. The number of amides is 2. The standard InChI is InChI=1S/C10H19N4O2.Rf/c1-8-4-11-2-3-13-9(15)6-12-7-10(16)14-5-8;/h8,11-12H,1-7H2,(H,13,15)(H,14,16);/q-1;. The Labute approximate surface area is 95.5 Å². The van der Waals surface area contributed by atoms with Crippen molar-refractivity contribution in [3.05, 3.63) is 6.92 Å². The first-order valence-corrected chi connectivity index (χ1v) is 5.46. The van der Waals surface area contributed by atoms with E-state index >= 15 is 0 Å². The number of carbonyl (C=O) groups excluding carboxylic acids is 2. The van der Waals surface area contributed by atoms with Gasteiger partial charge in [-0.1, -0.05) is 0 Å². The van der Waals surface area contributed by atoms with E-state index in [9.17, 15) is 9.59 Å². The summed E-state index contributed by atoms with van der Waals surface area (Å²) in [5, 5.41) is 11.4. The summed E-state index contributed by atoms with van der Waals surface area (Å²) < 4.78 is 0. The van der Waals surface area contributed by atoms with Crippen LogP contribution in [0.4, 0.5) is 0 Å². The maximum absolute atomic E-state index is 11.3. The number of hydrogen-bond donors (Lipinski definition) is 4. The zero-order valence-corrected chi connectivity index (χ0v) is 16.4. The molecule has 1 heterocycles. The zero-order chi connectivity index (χ0) is 11.8. The summed E-state index contributed by atoms with van der Waals surface area (Å²) in [4.78, 5) is 22.5. The summed E-state index contributed by atoms with van der Waals surface area (Å²) in [6.45, 7) is 6.82. The third-order valence-corrected chi connectivity index (χ3v) is 2.22. The number of hydrogen-bond acceptors (Lipinski definition) is 4. The van der Waals surface area contributed by atoms with Crippen molar-refractivity contribution >= 4 is 11.8 Å². The Hall–Kier alpha value is -2.14. The molecule has 17 heavy (non-hydrogen) atoms. The molecule has 1 aliphatic rings. The SMILES string of the molecule is [CH2-]C1CNCCNC(=O)CNCC(=O)NC1.[Rf]. The van der Waals surface area contributed by atoms with Crippen molar-refractivity contribution in [2.75, 3.05) is 39.3 Å². The van der Waals surface area contributed by atoms with Gasteiger partial charge in [-0.3, -0.25) is 14.9 Å². The van der Waals surface area contributed by atoms with Crippen molar-refractivity contribution in [3.8, 4) is 0 Å². The van der Waals surface area contributed by atoms with Crippen LogP contribution in [0.5, 0.6) is 0 Å². The Morgan fingerprint density at radius 3 is 2.29 bits per heavy atom. The van der Waals surface area contributed by atoms with Crippen molar-refractivity contribution in [3.63, 3.8) is 0 Å². The monoisotopic (exact) mass is 494 g/mol. The minimum atomic E-state index is -0.110. The first-order chi connectivity index (χ1) is 7.68. The second-order valence-corrected chi connectivity index (χ2v) is 3.83. The van der Waals surface area contributed by atoms with E-state index in [2.05, 4.69) is 28.2 Å². The van der Waals surface area contributed by atoms with Crippen molar-refractivity contribution in [2.45, 2.75) is 0 Å². The van der Waals surface area contributed by atoms with Gasteiger partial charge in [0.05, 0.1) is 13.1 Å². The van der Waals surface area contributed by atoms with Gasteiger partial charge in [0.1, 0.15) is 0 Å². The average molecular weight is 494 g/mol. The first-order valence-electron chi connectivity index (χ1n) is 5.46. The molecule has 0 aromatic carbocycles. The van der Waals surface area contributed by atoms with E-state index < -0.39 is 0 Å². The minimum absolute atomic E-state index is 0. The summed E-state index contributed by atoms with van der Waals surface area (Å²) in [5.41, 5.74) is 0. The molecule has 0 aliphatic carbocycles. The predicted molar refractivity (Wildman–Crippen MR) is 60.6 cm³/mol. The zero-order valence-electron chi connectivity index (χ0n) is 10.1. The van der Waals surface area contributed by atoms with Crippen LogP contribution in [-0.2, 0) is 9.59 Å². The molecule has 4 N–H and O–H groups in total. The molecule has 0 saturated carbocycles. The van der Waals surface area contributed by atoms with Gasteiger partial charge in [-0.15, -0.1) is 5.92 Å². The fraction of sp³-hybridized carbons (Fsp3) is 0.700. The van der Waals surface area contributed by atoms with E-state index in [1.54, 1.807) is 0 Å². The van der Waals surface area contributed by atoms with Crippen molar-refractivity contribution in [1.82, 2.24) is 21.3 Å². The van der Waals surface area contributed by atoms with Crippen LogP contribution in [0.2, 0.25) is 0 Å². The minimum Gasteiger partial charge on any atom is -0.357 e. The third-order valence-electron chi connectivity index (χ3n) is 2.22. The van der Waals surface area contributed by atoms with Gasteiger partial charge < -0.3 is 22.9 Å². The van der Waals surface area contributed by atoms with E-state index in [1.165, 1.54) is 0 Å². The van der Waals surface area contributed by atoms with Crippen LogP contribution in [0, 0.1) is 12.8 Å². The molecule has 1 rings (SSSR count). The van der Waals surface area contributed by atoms with E-state index in [1.807, 2.05) is 0 Å². The van der Waals surface area contributed by atoms with Gasteiger partial charge in [0, 0.05) is 13.1 Å². The quantitative estimate of drug-likeness (QED) is 0.290. The Bertz CT molecular complexity index is 250.